The number of aromatic nitrogens is 3. The summed E-state index contributed by atoms with van der Waals surface area (Å²) in [7, 11) is 0. The molecule has 6 aliphatic heterocycles. The molecule has 240 valence electrons. The zero-order chi connectivity index (χ0) is 31.0. The second-order valence-electron chi connectivity index (χ2n) is 14.1. The van der Waals surface area contributed by atoms with Crippen LogP contribution in [0.1, 0.15) is 56.9 Å². The van der Waals surface area contributed by atoms with E-state index in [9.17, 15) is 14.6 Å². The van der Waals surface area contributed by atoms with Crippen LogP contribution in [-0.2, 0) is 11.2 Å². The summed E-state index contributed by atoms with van der Waals surface area (Å²) >= 11 is 6.59. The molecule has 12 heteroatoms. The molecule has 7 aliphatic rings. The third-order valence-corrected chi connectivity index (χ3v) is 11.1. The maximum absolute atomic E-state index is 16.7. The SMILES string of the molecule is Oc1cc(Cl)c2c(c1)-c1ncc3c(nc(OC[C@@]45CCCN4C[C@H](F)C5)nc3c1F)N1CCCC3(C1)CC(O)(COCCC2)C3. The van der Waals surface area contributed by atoms with Crippen molar-refractivity contribution in [3.8, 4) is 23.0 Å². The summed E-state index contributed by atoms with van der Waals surface area (Å²) in [6.45, 7) is 3.48. The van der Waals surface area contributed by atoms with Crippen molar-refractivity contribution in [1.82, 2.24) is 19.9 Å². The van der Waals surface area contributed by atoms with Gasteiger partial charge in [0.25, 0.3) is 0 Å². The van der Waals surface area contributed by atoms with Gasteiger partial charge in [0, 0.05) is 49.4 Å². The predicted molar refractivity (Wildman–Crippen MR) is 165 cm³/mol. The number of hydrogen-bond donors (Lipinski definition) is 2. The van der Waals surface area contributed by atoms with E-state index >= 15 is 4.39 Å². The van der Waals surface area contributed by atoms with E-state index in [1.165, 1.54) is 12.1 Å². The molecule has 1 aromatic carbocycles. The number of nitrogens with zero attached hydrogens (tertiary/aromatic N) is 5. The first kappa shape index (κ1) is 29.5. The lowest BCUT2D eigenvalue weighted by Gasteiger charge is -2.57. The Morgan fingerprint density at radius 3 is 2.84 bits per heavy atom. The van der Waals surface area contributed by atoms with Crippen molar-refractivity contribution in [1.29, 1.82) is 0 Å². The van der Waals surface area contributed by atoms with Gasteiger partial charge < -0.3 is 24.6 Å². The van der Waals surface area contributed by atoms with E-state index in [1.807, 2.05) is 0 Å². The van der Waals surface area contributed by atoms with Gasteiger partial charge in [-0.2, -0.15) is 9.97 Å². The molecule has 4 fully saturated rings. The Hall–Kier alpha value is -2.86. The van der Waals surface area contributed by atoms with E-state index in [4.69, 9.17) is 26.1 Å². The van der Waals surface area contributed by atoms with Crippen LogP contribution in [0.3, 0.4) is 0 Å². The second kappa shape index (κ2) is 10.9. The van der Waals surface area contributed by atoms with Crippen LogP contribution in [-0.4, -0.2) is 93.4 Å². The summed E-state index contributed by atoms with van der Waals surface area (Å²) in [5.74, 6) is -0.217. The Labute approximate surface area is 265 Å². The molecule has 2 N–H and O–H groups in total. The minimum atomic E-state index is -0.900. The van der Waals surface area contributed by atoms with Crippen LogP contribution in [0.15, 0.2) is 18.3 Å². The molecule has 3 saturated heterocycles. The fourth-order valence-corrected chi connectivity index (χ4v) is 9.30. The Kier molecular flexibility index (Phi) is 7.13. The maximum Gasteiger partial charge on any atom is 0.319 e. The van der Waals surface area contributed by atoms with Crippen LogP contribution in [0.25, 0.3) is 22.2 Å². The molecule has 9 nitrogen and oxygen atoms in total. The normalized spacial score (nSPS) is 31.6. The lowest BCUT2D eigenvalue weighted by atomic mass is 9.56. The molecule has 10 rings (SSSR count). The molecule has 0 amide bonds. The number of benzene rings is 1. The number of anilines is 1. The molecule has 0 radical (unpaired) electrons. The zero-order valence-electron chi connectivity index (χ0n) is 25.2. The van der Waals surface area contributed by atoms with E-state index in [0.717, 1.165) is 32.2 Å². The number of fused-ring (bicyclic) bond motifs is 1. The molecular formula is C33H38ClF2N5O4. The van der Waals surface area contributed by atoms with Crippen LogP contribution in [0.2, 0.25) is 5.02 Å². The Balaban J connectivity index is 1.25. The molecule has 3 aromatic rings. The highest BCUT2D eigenvalue weighted by molar-refractivity contribution is 6.32. The van der Waals surface area contributed by atoms with Gasteiger partial charge in [0.15, 0.2) is 5.82 Å². The highest BCUT2D eigenvalue weighted by Gasteiger charge is 2.55. The minimum Gasteiger partial charge on any atom is -0.508 e. The molecule has 2 aromatic heterocycles. The summed E-state index contributed by atoms with van der Waals surface area (Å²) < 4.78 is 43.4. The fourth-order valence-electron chi connectivity index (χ4n) is 8.99. The second-order valence-corrected chi connectivity index (χ2v) is 14.5. The quantitative estimate of drug-likeness (QED) is 0.398. The Morgan fingerprint density at radius 1 is 1.13 bits per heavy atom. The van der Waals surface area contributed by atoms with Crippen molar-refractivity contribution in [3.05, 3.63) is 34.7 Å². The lowest BCUT2D eigenvalue weighted by molar-refractivity contribution is -0.167. The smallest absolute Gasteiger partial charge is 0.319 e. The van der Waals surface area contributed by atoms with Gasteiger partial charge >= 0.3 is 6.01 Å². The molecular weight excluding hydrogens is 604 g/mol. The van der Waals surface area contributed by atoms with E-state index in [0.29, 0.717) is 85.7 Å². The van der Waals surface area contributed by atoms with Crippen LogP contribution >= 0.6 is 11.6 Å². The Bertz CT molecular complexity index is 1660. The zero-order valence-corrected chi connectivity index (χ0v) is 26.0. The van der Waals surface area contributed by atoms with E-state index in [1.54, 1.807) is 6.20 Å². The number of alkyl halides is 1. The van der Waals surface area contributed by atoms with Crippen molar-refractivity contribution < 1.29 is 28.5 Å². The van der Waals surface area contributed by atoms with Crippen LogP contribution in [0.5, 0.6) is 11.8 Å². The summed E-state index contributed by atoms with van der Waals surface area (Å²) in [5.41, 5.74) is -0.277. The number of rotatable bonds is 3. The molecule has 0 unspecified atom stereocenters. The minimum absolute atomic E-state index is 0.0273. The molecule has 8 heterocycles. The van der Waals surface area contributed by atoms with E-state index < -0.39 is 23.1 Å². The van der Waals surface area contributed by atoms with Crippen LogP contribution in [0, 0.1) is 11.2 Å². The van der Waals surface area contributed by atoms with Gasteiger partial charge in [-0.1, -0.05) is 11.6 Å². The van der Waals surface area contributed by atoms with E-state index in [-0.39, 0.29) is 41.6 Å². The number of hydrogen-bond acceptors (Lipinski definition) is 9. The number of piperidine rings is 1. The number of aromatic hydroxyl groups is 1. The predicted octanol–water partition coefficient (Wildman–Crippen LogP) is 5.22. The van der Waals surface area contributed by atoms with Crippen molar-refractivity contribution in [3.63, 3.8) is 0 Å². The summed E-state index contributed by atoms with van der Waals surface area (Å²) in [4.78, 5) is 18.3. The van der Waals surface area contributed by atoms with Crippen molar-refractivity contribution in [2.75, 3.05) is 50.9 Å². The number of pyridine rings is 1. The number of phenols is 1. The molecule has 1 spiro atoms. The Morgan fingerprint density at radius 2 is 1.98 bits per heavy atom. The highest BCUT2D eigenvalue weighted by Crippen LogP contribution is 2.54. The molecule has 45 heavy (non-hydrogen) atoms. The first-order chi connectivity index (χ1) is 21.6. The third kappa shape index (κ3) is 5.10. The van der Waals surface area contributed by atoms with Gasteiger partial charge in [-0.25, -0.2) is 8.78 Å². The number of ether oxygens (including phenoxy) is 2. The standard InChI is InChI=1S/C33H38ClF2N5O4/c34-25-11-21(42)10-23-22(25)4-1-9-44-19-33(43)15-31(16-33)5-2-7-40(17-31)29-24-13-37-27(23)26(36)28(24)38-30(39-29)45-18-32-6-3-8-41(32)14-20(35)12-32/h10-11,13,20,42-43H,1-9,12,14-19H2/t20-,31?,32+,33?/m1/s1. The molecule has 2 atom stereocenters. The molecule has 1 aliphatic carbocycles. The van der Waals surface area contributed by atoms with Crippen molar-refractivity contribution >= 4 is 28.3 Å². The third-order valence-electron chi connectivity index (χ3n) is 10.8. The average Bonchev–Trinajstić information content (AvgIpc) is 3.51. The van der Waals surface area contributed by atoms with Crippen molar-refractivity contribution in [2.45, 2.75) is 75.1 Å². The molecule has 1 saturated carbocycles. The molecule has 7 bridgehead atoms. The van der Waals surface area contributed by atoms with Gasteiger partial charge in [0.1, 0.15) is 35.6 Å². The number of aliphatic hydroxyl groups is 1. The van der Waals surface area contributed by atoms with Gasteiger partial charge in [0.2, 0.25) is 0 Å². The summed E-state index contributed by atoms with van der Waals surface area (Å²) in [6.07, 6.45) is 7.07. The first-order valence-corrected chi connectivity index (χ1v) is 16.5. The monoisotopic (exact) mass is 641 g/mol. The van der Waals surface area contributed by atoms with E-state index in [2.05, 4.69) is 19.8 Å². The van der Waals surface area contributed by atoms with Gasteiger partial charge in [-0.15, -0.1) is 0 Å². The topological polar surface area (TPSA) is 104 Å². The highest BCUT2D eigenvalue weighted by atomic mass is 35.5. The van der Waals surface area contributed by atoms with Crippen LogP contribution < -0.4 is 9.64 Å². The number of phenolic OH excluding ortho intramolecular Hbond substituents is 1. The van der Waals surface area contributed by atoms with Gasteiger partial charge in [-0.3, -0.25) is 9.88 Å². The summed E-state index contributed by atoms with van der Waals surface area (Å²) in [6, 6.07) is 2.96. The lowest BCUT2D eigenvalue weighted by Crippen LogP contribution is -2.60. The van der Waals surface area contributed by atoms with Gasteiger partial charge in [0.05, 0.1) is 23.1 Å². The summed E-state index contributed by atoms with van der Waals surface area (Å²) in [5, 5.41) is 22.5. The van der Waals surface area contributed by atoms with Crippen molar-refractivity contribution in [2.24, 2.45) is 5.41 Å². The van der Waals surface area contributed by atoms with Crippen LogP contribution in [0.4, 0.5) is 14.6 Å². The fraction of sp³-hybridized carbons (Fsp3) is 0.606. The number of halogens is 3. The first-order valence-electron chi connectivity index (χ1n) is 16.1. The van der Waals surface area contributed by atoms with Gasteiger partial charge in [-0.05, 0) is 81.0 Å². The largest absolute Gasteiger partial charge is 0.508 e. The maximum atomic E-state index is 16.7. The average molecular weight is 642 g/mol.